The number of carbonyl (C=O) groups excluding carboxylic acids is 1. The number of halogens is 1. The van der Waals surface area contributed by atoms with Gasteiger partial charge in [0.1, 0.15) is 17.3 Å². The molecule has 2 aromatic carbocycles. The molecule has 0 fully saturated rings. The van der Waals surface area contributed by atoms with Crippen LogP contribution in [0.15, 0.2) is 60.0 Å². The second-order valence-corrected chi connectivity index (χ2v) is 6.40. The maximum absolute atomic E-state index is 13.1. The van der Waals surface area contributed by atoms with E-state index in [9.17, 15) is 9.18 Å². The largest absolute Gasteiger partial charge is 0.497 e. The van der Waals surface area contributed by atoms with E-state index >= 15 is 0 Å². The molecule has 27 heavy (non-hydrogen) atoms. The van der Waals surface area contributed by atoms with E-state index in [1.165, 1.54) is 31.0 Å². The molecule has 1 aromatic heterocycles. The molecule has 0 saturated heterocycles. The molecule has 3 aromatic rings. The van der Waals surface area contributed by atoms with Gasteiger partial charge >= 0.3 is 0 Å². The summed E-state index contributed by atoms with van der Waals surface area (Å²) < 4.78 is 25.3. The number of methoxy groups -OCH3 is 2. The van der Waals surface area contributed by atoms with Crippen LogP contribution < -0.4 is 14.8 Å². The number of thioether (sulfide) groups is 1. The summed E-state index contributed by atoms with van der Waals surface area (Å²) in [7, 11) is 3.09. The Morgan fingerprint density at radius 2 is 1.96 bits per heavy atom. The van der Waals surface area contributed by atoms with Crippen molar-refractivity contribution < 1.29 is 18.7 Å². The van der Waals surface area contributed by atoms with Gasteiger partial charge in [-0.3, -0.25) is 9.36 Å². The smallest absolute Gasteiger partial charge is 0.234 e. The summed E-state index contributed by atoms with van der Waals surface area (Å²) in [6.07, 6.45) is 3.40. The zero-order valence-corrected chi connectivity index (χ0v) is 15.6. The number of carbonyl (C=O) groups is 1. The molecule has 1 N–H and O–H groups in total. The topological polar surface area (TPSA) is 65.4 Å². The highest BCUT2D eigenvalue weighted by Gasteiger charge is 2.12. The molecule has 0 spiro atoms. The van der Waals surface area contributed by atoms with E-state index in [4.69, 9.17) is 9.47 Å². The van der Waals surface area contributed by atoms with E-state index in [1.807, 2.05) is 0 Å². The fraction of sp³-hybridized carbons (Fsp3) is 0.158. The molecule has 0 bridgehead atoms. The first-order valence-electron chi connectivity index (χ1n) is 8.04. The maximum atomic E-state index is 13.1. The Morgan fingerprint density at radius 1 is 1.19 bits per heavy atom. The Balaban J connectivity index is 1.67. The van der Waals surface area contributed by atoms with Crippen LogP contribution >= 0.6 is 11.8 Å². The second-order valence-electron chi connectivity index (χ2n) is 5.46. The lowest BCUT2D eigenvalue weighted by Crippen LogP contribution is -2.15. The molecule has 3 rings (SSSR count). The zero-order chi connectivity index (χ0) is 19.2. The molecule has 0 unspecified atom stereocenters. The highest BCUT2D eigenvalue weighted by atomic mass is 32.2. The molecule has 0 aliphatic carbocycles. The summed E-state index contributed by atoms with van der Waals surface area (Å²) in [6.45, 7) is 0. The SMILES string of the molecule is COc1ccc(OC)c(NC(=O)CSc2nccn2-c2ccc(F)cc2)c1. The first kappa shape index (κ1) is 18.8. The molecule has 0 atom stereocenters. The number of imidazole rings is 1. The summed E-state index contributed by atoms with van der Waals surface area (Å²) in [5.41, 5.74) is 1.30. The molecule has 1 amide bonds. The van der Waals surface area contributed by atoms with Crippen molar-refractivity contribution in [3.05, 3.63) is 60.7 Å². The lowest BCUT2D eigenvalue weighted by atomic mass is 10.2. The first-order chi connectivity index (χ1) is 13.1. The van der Waals surface area contributed by atoms with Crippen LogP contribution in [-0.2, 0) is 4.79 Å². The molecular weight excluding hydrogens is 369 g/mol. The third-order valence-electron chi connectivity index (χ3n) is 3.72. The molecule has 0 aliphatic rings. The van der Waals surface area contributed by atoms with Gasteiger partial charge in [0.25, 0.3) is 0 Å². The van der Waals surface area contributed by atoms with Gasteiger partial charge in [0, 0.05) is 24.1 Å². The van der Waals surface area contributed by atoms with Crippen molar-refractivity contribution in [2.45, 2.75) is 5.16 Å². The summed E-state index contributed by atoms with van der Waals surface area (Å²) >= 11 is 1.28. The van der Waals surface area contributed by atoms with Crippen molar-refractivity contribution >= 4 is 23.4 Å². The standard InChI is InChI=1S/C19H18FN3O3S/c1-25-15-7-8-17(26-2)16(11-15)22-18(24)12-27-19-21-9-10-23(19)14-5-3-13(20)4-6-14/h3-11H,12H2,1-2H3,(H,22,24). The number of benzene rings is 2. The van der Waals surface area contributed by atoms with E-state index in [0.29, 0.717) is 22.3 Å². The van der Waals surface area contributed by atoms with Crippen molar-refractivity contribution in [1.82, 2.24) is 9.55 Å². The number of hydrogen-bond donors (Lipinski definition) is 1. The molecule has 0 saturated carbocycles. The Morgan fingerprint density at radius 3 is 2.67 bits per heavy atom. The highest BCUT2D eigenvalue weighted by molar-refractivity contribution is 7.99. The zero-order valence-electron chi connectivity index (χ0n) is 14.8. The fourth-order valence-electron chi connectivity index (χ4n) is 2.42. The number of nitrogens with zero attached hydrogens (tertiary/aromatic N) is 2. The quantitative estimate of drug-likeness (QED) is 0.626. The lowest BCUT2D eigenvalue weighted by molar-refractivity contribution is -0.113. The molecule has 140 valence electrons. The van der Waals surface area contributed by atoms with Crippen LogP contribution in [0.4, 0.5) is 10.1 Å². The van der Waals surface area contributed by atoms with Crippen LogP contribution in [0, 0.1) is 5.82 Å². The molecule has 0 aliphatic heterocycles. The van der Waals surface area contributed by atoms with Crippen molar-refractivity contribution in [1.29, 1.82) is 0 Å². The van der Waals surface area contributed by atoms with E-state index in [0.717, 1.165) is 5.69 Å². The van der Waals surface area contributed by atoms with Crippen LogP contribution in [0.1, 0.15) is 0 Å². The van der Waals surface area contributed by atoms with E-state index in [-0.39, 0.29) is 17.5 Å². The van der Waals surface area contributed by atoms with Crippen molar-refractivity contribution in [3.63, 3.8) is 0 Å². The maximum Gasteiger partial charge on any atom is 0.234 e. The second kappa shape index (κ2) is 8.59. The van der Waals surface area contributed by atoms with Crippen LogP contribution in [0.3, 0.4) is 0 Å². The molecule has 8 heteroatoms. The van der Waals surface area contributed by atoms with Crippen molar-refractivity contribution in [3.8, 4) is 17.2 Å². The number of ether oxygens (including phenoxy) is 2. The van der Waals surface area contributed by atoms with Gasteiger partial charge in [0.05, 0.1) is 25.7 Å². The average Bonchev–Trinajstić information content (AvgIpc) is 3.15. The molecular formula is C19H18FN3O3S. The van der Waals surface area contributed by atoms with Crippen molar-refractivity contribution in [2.75, 3.05) is 25.3 Å². The van der Waals surface area contributed by atoms with Gasteiger partial charge in [0.15, 0.2) is 5.16 Å². The number of anilines is 1. The molecule has 1 heterocycles. The van der Waals surface area contributed by atoms with Gasteiger partial charge in [-0.2, -0.15) is 0 Å². The number of nitrogens with one attached hydrogen (secondary N) is 1. The highest BCUT2D eigenvalue weighted by Crippen LogP contribution is 2.29. The normalized spacial score (nSPS) is 10.5. The predicted octanol–water partition coefficient (Wildman–Crippen LogP) is 3.76. The predicted molar refractivity (Wildman–Crippen MR) is 102 cm³/mol. The summed E-state index contributed by atoms with van der Waals surface area (Å²) in [5.74, 6) is 0.797. The average molecular weight is 387 g/mol. The third-order valence-corrected chi connectivity index (χ3v) is 4.69. The van der Waals surface area contributed by atoms with Gasteiger partial charge < -0.3 is 14.8 Å². The van der Waals surface area contributed by atoms with Gasteiger partial charge in [-0.15, -0.1) is 0 Å². The fourth-order valence-corrected chi connectivity index (χ4v) is 3.20. The molecule has 6 nitrogen and oxygen atoms in total. The van der Waals surface area contributed by atoms with E-state index in [1.54, 1.807) is 54.4 Å². The minimum atomic E-state index is -0.306. The molecule has 0 radical (unpaired) electrons. The lowest BCUT2D eigenvalue weighted by Gasteiger charge is -2.12. The Kier molecular flexibility index (Phi) is 5.97. The van der Waals surface area contributed by atoms with Gasteiger partial charge in [0.2, 0.25) is 5.91 Å². The Bertz CT molecular complexity index is 928. The Labute approximate surface area is 160 Å². The van der Waals surface area contributed by atoms with E-state index in [2.05, 4.69) is 10.3 Å². The minimum Gasteiger partial charge on any atom is -0.497 e. The summed E-state index contributed by atoms with van der Waals surface area (Å²) in [5, 5.41) is 3.45. The van der Waals surface area contributed by atoms with Crippen molar-refractivity contribution in [2.24, 2.45) is 0 Å². The summed E-state index contributed by atoms with van der Waals surface area (Å²) in [6, 6.07) is 11.2. The van der Waals surface area contributed by atoms with Crippen LogP contribution in [0.2, 0.25) is 0 Å². The monoisotopic (exact) mass is 387 g/mol. The summed E-state index contributed by atoms with van der Waals surface area (Å²) in [4.78, 5) is 16.6. The van der Waals surface area contributed by atoms with Gasteiger partial charge in [-0.05, 0) is 36.4 Å². The Hall–Kier alpha value is -3.00. The van der Waals surface area contributed by atoms with Gasteiger partial charge in [-0.1, -0.05) is 11.8 Å². The van der Waals surface area contributed by atoms with E-state index < -0.39 is 0 Å². The minimum absolute atomic E-state index is 0.151. The van der Waals surface area contributed by atoms with Crippen LogP contribution in [0.5, 0.6) is 11.5 Å². The van der Waals surface area contributed by atoms with Crippen LogP contribution in [0.25, 0.3) is 5.69 Å². The number of hydrogen-bond acceptors (Lipinski definition) is 5. The first-order valence-corrected chi connectivity index (χ1v) is 9.03. The number of amides is 1. The number of aromatic nitrogens is 2. The van der Waals surface area contributed by atoms with Crippen LogP contribution in [-0.4, -0.2) is 35.4 Å². The third kappa shape index (κ3) is 4.59. The number of rotatable bonds is 7. The van der Waals surface area contributed by atoms with Gasteiger partial charge in [-0.25, -0.2) is 9.37 Å².